The number of amides is 2. The second-order valence-corrected chi connectivity index (χ2v) is 6.88. The lowest BCUT2D eigenvalue weighted by Crippen LogP contribution is -2.28. The van der Waals surface area contributed by atoms with Crippen LogP contribution in [0.4, 0.5) is 17.1 Å². The second-order valence-electron chi connectivity index (χ2n) is 6.47. The van der Waals surface area contributed by atoms with E-state index in [-0.39, 0.29) is 36.2 Å². The molecule has 2 aromatic carbocycles. The van der Waals surface area contributed by atoms with Crippen LogP contribution in [0.15, 0.2) is 36.4 Å². The molecule has 2 amide bonds. The van der Waals surface area contributed by atoms with Crippen LogP contribution in [0.25, 0.3) is 0 Å². The van der Waals surface area contributed by atoms with Gasteiger partial charge in [0, 0.05) is 29.7 Å². The normalized spacial score (nSPS) is 16.2. The third-order valence-corrected chi connectivity index (χ3v) is 5.01. The molecule has 0 aromatic heterocycles. The van der Waals surface area contributed by atoms with Gasteiger partial charge in [0.05, 0.1) is 29.7 Å². The fraction of sp³-hybridized carbons (Fsp3) is 0.263. The Bertz CT molecular complexity index is 963. The average Bonchev–Trinajstić information content (AvgIpc) is 3.05. The molecule has 0 aliphatic carbocycles. The van der Waals surface area contributed by atoms with Crippen LogP contribution in [0.2, 0.25) is 5.02 Å². The van der Waals surface area contributed by atoms with E-state index in [0.717, 1.165) is 5.56 Å². The minimum atomic E-state index is -0.563. The molecule has 146 valence electrons. The molecule has 0 spiro atoms. The maximum atomic E-state index is 12.6. The topological polar surface area (TPSA) is 102 Å². The van der Waals surface area contributed by atoms with Crippen molar-refractivity contribution in [3.63, 3.8) is 0 Å². The first-order chi connectivity index (χ1) is 13.3. The van der Waals surface area contributed by atoms with Crippen LogP contribution in [0.3, 0.4) is 0 Å². The zero-order chi connectivity index (χ0) is 20.4. The summed E-state index contributed by atoms with van der Waals surface area (Å²) in [4.78, 5) is 36.8. The fourth-order valence-corrected chi connectivity index (χ4v) is 3.21. The highest BCUT2D eigenvalue weighted by Gasteiger charge is 2.36. The number of nitro groups is 1. The molecular weight excluding hydrogens is 386 g/mol. The summed E-state index contributed by atoms with van der Waals surface area (Å²) in [5, 5.41) is 14.2. The summed E-state index contributed by atoms with van der Waals surface area (Å²) < 4.78 is 5.20. The Morgan fingerprint density at radius 1 is 1.32 bits per heavy atom. The van der Waals surface area contributed by atoms with E-state index in [4.69, 9.17) is 16.3 Å². The third-order valence-electron chi connectivity index (χ3n) is 4.60. The number of nitro benzene ring substituents is 1. The molecule has 1 fully saturated rings. The first kappa shape index (κ1) is 19.6. The Morgan fingerprint density at radius 3 is 2.71 bits per heavy atom. The molecule has 8 nitrogen and oxygen atoms in total. The van der Waals surface area contributed by atoms with Crippen LogP contribution < -0.4 is 15.0 Å². The highest BCUT2D eigenvalue weighted by molar-refractivity contribution is 6.31. The van der Waals surface area contributed by atoms with E-state index in [1.165, 1.54) is 30.2 Å². The van der Waals surface area contributed by atoms with Gasteiger partial charge in [0.15, 0.2) is 0 Å². The summed E-state index contributed by atoms with van der Waals surface area (Å²) in [5.74, 6) is -0.910. The number of nitrogens with zero attached hydrogens (tertiary/aromatic N) is 2. The Balaban J connectivity index is 1.77. The van der Waals surface area contributed by atoms with Crippen molar-refractivity contribution >= 4 is 40.5 Å². The van der Waals surface area contributed by atoms with Crippen molar-refractivity contribution in [2.45, 2.75) is 13.3 Å². The quantitative estimate of drug-likeness (QED) is 0.607. The predicted octanol–water partition coefficient (Wildman–Crippen LogP) is 3.56. The SMILES string of the molecule is COc1cc([N+](=O)[O-])ccc1N1C[C@H](C(=O)Nc2ccc(C)c(Cl)c2)CC1=O. The number of aryl methyl sites for hydroxylation is 1. The van der Waals surface area contributed by atoms with Gasteiger partial charge >= 0.3 is 0 Å². The van der Waals surface area contributed by atoms with Crippen molar-refractivity contribution in [1.82, 2.24) is 0 Å². The van der Waals surface area contributed by atoms with E-state index >= 15 is 0 Å². The standard InChI is InChI=1S/C19H18ClN3O5/c1-11-3-4-13(8-15(11)20)21-19(25)12-7-18(24)22(10-12)16-6-5-14(23(26)27)9-17(16)28-2/h3-6,8-9,12H,7,10H2,1-2H3,(H,21,25)/t12-/m1/s1. The second kappa shape index (κ2) is 7.85. The molecule has 1 aliphatic rings. The van der Waals surface area contributed by atoms with E-state index in [1.54, 1.807) is 18.2 Å². The monoisotopic (exact) mass is 403 g/mol. The van der Waals surface area contributed by atoms with Crippen molar-refractivity contribution in [3.05, 3.63) is 57.1 Å². The number of nitrogens with one attached hydrogen (secondary N) is 1. The minimum Gasteiger partial charge on any atom is -0.494 e. The summed E-state index contributed by atoms with van der Waals surface area (Å²) >= 11 is 6.08. The maximum Gasteiger partial charge on any atom is 0.273 e. The Kier molecular flexibility index (Phi) is 5.51. The van der Waals surface area contributed by atoms with Gasteiger partial charge < -0.3 is 15.0 Å². The molecule has 3 rings (SSSR count). The molecule has 9 heteroatoms. The van der Waals surface area contributed by atoms with Crippen molar-refractivity contribution in [2.75, 3.05) is 23.9 Å². The van der Waals surface area contributed by atoms with Crippen LogP contribution in [-0.2, 0) is 9.59 Å². The number of anilines is 2. The van der Waals surface area contributed by atoms with E-state index in [9.17, 15) is 19.7 Å². The lowest BCUT2D eigenvalue weighted by molar-refractivity contribution is -0.384. The fourth-order valence-electron chi connectivity index (χ4n) is 3.03. The zero-order valence-corrected chi connectivity index (χ0v) is 16.0. The number of carbonyl (C=O) groups is 2. The lowest BCUT2D eigenvalue weighted by Gasteiger charge is -2.19. The molecule has 1 aliphatic heterocycles. The molecule has 2 aromatic rings. The molecule has 0 unspecified atom stereocenters. The van der Waals surface area contributed by atoms with Crippen molar-refractivity contribution in [1.29, 1.82) is 0 Å². The third kappa shape index (κ3) is 3.91. The Labute approximate surface area is 166 Å². The average molecular weight is 404 g/mol. The Morgan fingerprint density at radius 2 is 2.07 bits per heavy atom. The first-order valence-corrected chi connectivity index (χ1v) is 8.87. The number of rotatable bonds is 5. The van der Waals surface area contributed by atoms with Gasteiger partial charge in [-0.2, -0.15) is 0 Å². The number of hydrogen-bond donors (Lipinski definition) is 1. The lowest BCUT2D eigenvalue weighted by atomic mass is 10.1. The molecule has 0 saturated carbocycles. The molecule has 1 atom stereocenters. The molecule has 28 heavy (non-hydrogen) atoms. The van der Waals surface area contributed by atoms with Crippen molar-refractivity contribution in [3.8, 4) is 5.75 Å². The first-order valence-electron chi connectivity index (χ1n) is 8.50. The molecular formula is C19H18ClN3O5. The van der Waals surface area contributed by atoms with Crippen molar-refractivity contribution < 1.29 is 19.2 Å². The molecule has 1 N–H and O–H groups in total. The van der Waals surface area contributed by atoms with Gasteiger partial charge in [0.1, 0.15) is 5.75 Å². The van der Waals surface area contributed by atoms with Gasteiger partial charge in [-0.15, -0.1) is 0 Å². The van der Waals surface area contributed by atoms with Gasteiger partial charge in [-0.05, 0) is 30.7 Å². The van der Waals surface area contributed by atoms with E-state index in [1.807, 2.05) is 6.92 Å². The molecule has 1 heterocycles. The van der Waals surface area contributed by atoms with Crippen LogP contribution in [0.1, 0.15) is 12.0 Å². The van der Waals surface area contributed by atoms with Gasteiger partial charge in [0.2, 0.25) is 11.8 Å². The maximum absolute atomic E-state index is 12.6. The molecule has 1 saturated heterocycles. The highest BCUT2D eigenvalue weighted by Crippen LogP contribution is 2.36. The number of non-ortho nitro benzene ring substituents is 1. The highest BCUT2D eigenvalue weighted by atomic mass is 35.5. The Hall–Kier alpha value is -3.13. The van der Waals surface area contributed by atoms with Gasteiger partial charge in [-0.25, -0.2) is 0 Å². The summed E-state index contributed by atoms with van der Waals surface area (Å²) in [6.07, 6.45) is 0.0333. The van der Waals surface area contributed by atoms with Crippen LogP contribution >= 0.6 is 11.6 Å². The van der Waals surface area contributed by atoms with Gasteiger partial charge in [-0.3, -0.25) is 19.7 Å². The number of benzene rings is 2. The summed E-state index contributed by atoms with van der Waals surface area (Å²) in [7, 11) is 1.37. The number of methoxy groups -OCH3 is 1. The smallest absolute Gasteiger partial charge is 0.273 e. The zero-order valence-electron chi connectivity index (χ0n) is 15.3. The van der Waals surface area contributed by atoms with Crippen LogP contribution in [0.5, 0.6) is 5.75 Å². The van der Waals surface area contributed by atoms with E-state index in [2.05, 4.69) is 5.32 Å². The summed E-state index contributed by atoms with van der Waals surface area (Å²) in [6.45, 7) is 2.01. The predicted molar refractivity (Wildman–Crippen MR) is 105 cm³/mol. The molecule has 0 radical (unpaired) electrons. The van der Waals surface area contributed by atoms with E-state index in [0.29, 0.717) is 16.4 Å². The van der Waals surface area contributed by atoms with Gasteiger partial charge in [0.25, 0.3) is 5.69 Å². The van der Waals surface area contributed by atoms with Crippen molar-refractivity contribution in [2.24, 2.45) is 5.92 Å². The molecule has 0 bridgehead atoms. The van der Waals surface area contributed by atoms with Gasteiger partial charge in [-0.1, -0.05) is 17.7 Å². The van der Waals surface area contributed by atoms with Crippen LogP contribution in [0, 0.1) is 23.0 Å². The van der Waals surface area contributed by atoms with E-state index < -0.39 is 10.8 Å². The number of carbonyl (C=O) groups excluding carboxylic acids is 2. The van der Waals surface area contributed by atoms with Crippen LogP contribution in [-0.4, -0.2) is 30.4 Å². The number of halogens is 1. The summed E-state index contributed by atoms with van der Waals surface area (Å²) in [6, 6.07) is 9.20. The number of hydrogen-bond acceptors (Lipinski definition) is 5. The minimum absolute atomic E-state index is 0.0333. The summed E-state index contributed by atoms with van der Waals surface area (Å²) in [5.41, 5.74) is 1.70. The number of ether oxygens (including phenoxy) is 1. The largest absolute Gasteiger partial charge is 0.494 e.